The predicted molar refractivity (Wildman–Crippen MR) is 92.7 cm³/mol. The summed E-state index contributed by atoms with van der Waals surface area (Å²) in [7, 11) is 1.78. The average molecular weight is 315 g/mol. The van der Waals surface area contributed by atoms with Gasteiger partial charge < -0.3 is 19.9 Å². The quantitative estimate of drug-likeness (QED) is 0.444. The van der Waals surface area contributed by atoms with Gasteiger partial charge >= 0.3 is 0 Å². The standard InChI is InChI=1S/C17H25N5O/c1-3-23-16-8-5-4-7-15(16)13-21-17(18-2)20-9-6-11-22-12-10-19-14-22/h4-5,7-8,10,12,14H,3,6,9,11,13H2,1-2H3,(H2,18,20,21). The lowest BCUT2D eigenvalue weighted by Crippen LogP contribution is -2.37. The van der Waals surface area contributed by atoms with Crippen molar-refractivity contribution < 1.29 is 4.74 Å². The molecule has 0 saturated heterocycles. The summed E-state index contributed by atoms with van der Waals surface area (Å²) in [5.41, 5.74) is 1.12. The lowest BCUT2D eigenvalue weighted by molar-refractivity contribution is 0.336. The molecule has 23 heavy (non-hydrogen) atoms. The van der Waals surface area contributed by atoms with Gasteiger partial charge in [-0.05, 0) is 19.4 Å². The third-order valence-electron chi connectivity index (χ3n) is 3.39. The molecular weight excluding hydrogens is 290 g/mol. The van der Waals surface area contributed by atoms with Gasteiger partial charge in [0.05, 0.1) is 12.9 Å². The first-order valence-electron chi connectivity index (χ1n) is 7.94. The number of hydrogen-bond donors (Lipinski definition) is 2. The Labute approximate surface area is 137 Å². The van der Waals surface area contributed by atoms with Crippen molar-refractivity contribution in [1.82, 2.24) is 20.2 Å². The van der Waals surface area contributed by atoms with E-state index in [1.54, 1.807) is 13.2 Å². The van der Waals surface area contributed by atoms with E-state index in [0.717, 1.165) is 36.8 Å². The summed E-state index contributed by atoms with van der Waals surface area (Å²) in [6.07, 6.45) is 6.60. The van der Waals surface area contributed by atoms with Crippen LogP contribution in [0.15, 0.2) is 48.0 Å². The van der Waals surface area contributed by atoms with E-state index in [2.05, 4.69) is 31.2 Å². The van der Waals surface area contributed by atoms with Crippen molar-refractivity contribution in [1.29, 1.82) is 0 Å². The maximum absolute atomic E-state index is 5.63. The molecule has 2 aromatic rings. The molecule has 0 radical (unpaired) electrons. The molecule has 0 spiro atoms. The molecule has 2 N–H and O–H groups in total. The van der Waals surface area contributed by atoms with Crippen molar-refractivity contribution >= 4 is 5.96 Å². The second-order valence-corrected chi connectivity index (χ2v) is 5.05. The third kappa shape index (κ3) is 5.65. The largest absolute Gasteiger partial charge is 0.494 e. The topological polar surface area (TPSA) is 63.5 Å². The van der Waals surface area contributed by atoms with Gasteiger partial charge in [0.2, 0.25) is 0 Å². The molecule has 0 unspecified atom stereocenters. The second kappa shape index (κ2) is 9.50. The molecule has 6 nitrogen and oxygen atoms in total. The molecular formula is C17H25N5O. The fourth-order valence-electron chi connectivity index (χ4n) is 2.23. The van der Waals surface area contributed by atoms with Crippen LogP contribution >= 0.6 is 0 Å². The number of aliphatic imine (C=N–C) groups is 1. The Kier molecular flexibility index (Phi) is 6.97. The number of nitrogens with zero attached hydrogens (tertiary/aromatic N) is 3. The SMILES string of the molecule is CCOc1ccccc1CNC(=NC)NCCCn1ccnc1. The highest BCUT2D eigenvalue weighted by atomic mass is 16.5. The van der Waals surface area contributed by atoms with Gasteiger partial charge in [0, 0.05) is 44.6 Å². The van der Waals surface area contributed by atoms with Crippen LogP contribution in [0.5, 0.6) is 5.75 Å². The van der Waals surface area contributed by atoms with Crippen LogP contribution in [-0.2, 0) is 13.1 Å². The number of para-hydroxylation sites is 1. The Morgan fingerprint density at radius 2 is 2.17 bits per heavy atom. The molecule has 124 valence electrons. The molecule has 0 bridgehead atoms. The Hall–Kier alpha value is -2.50. The molecule has 1 aromatic carbocycles. The summed E-state index contributed by atoms with van der Waals surface area (Å²) >= 11 is 0. The van der Waals surface area contributed by atoms with Gasteiger partial charge in [-0.1, -0.05) is 18.2 Å². The van der Waals surface area contributed by atoms with Crippen LogP contribution in [0, 0.1) is 0 Å². The Morgan fingerprint density at radius 1 is 1.30 bits per heavy atom. The van der Waals surface area contributed by atoms with E-state index in [1.165, 1.54) is 0 Å². The zero-order valence-electron chi connectivity index (χ0n) is 13.8. The van der Waals surface area contributed by atoms with Crippen LogP contribution in [0.25, 0.3) is 0 Å². The monoisotopic (exact) mass is 315 g/mol. The number of nitrogens with one attached hydrogen (secondary N) is 2. The van der Waals surface area contributed by atoms with Gasteiger partial charge in [0.25, 0.3) is 0 Å². The van der Waals surface area contributed by atoms with E-state index in [9.17, 15) is 0 Å². The van der Waals surface area contributed by atoms with E-state index >= 15 is 0 Å². The number of ether oxygens (including phenoxy) is 1. The minimum atomic E-state index is 0.665. The zero-order chi connectivity index (χ0) is 16.3. The number of rotatable bonds is 8. The minimum Gasteiger partial charge on any atom is -0.494 e. The molecule has 0 aliphatic rings. The maximum Gasteiger partial charge on any atom is 0.191 e. The Bertz CT molecular complexity index is 595. The smallest absolute Gasteiger partial charge is 0.191 e. The van der Waals surface area contributed by atoms with Crippen LogP contribution in [-0.4, -0.2) is 35.7 Å². The molecule has 0 saturated carbocycles. The normalized spacial score (nSPS) is 11.3. The lowest BCUT2D eigenvalue weighted by Gasteiger charge is -2.14. The van der Waals surface area contributed by atoms with Gasteiger partial charge in [0.1, 0.15) is 5.75 Å². The van der Waals surface area contributed by atoms with Gasteiger partial charge in [-0.25, -0.2) is 4.98 Å². The van der Waals surface area contributed by atoms with Crippen molar-refractivity contribution in [3.05, 3.63) is 48.5 Å². The summed E-state index contributed by atoms with van der Waals surface area (Å²) in [6, 6.07) is 8.05. The molecule has 1 heterocycles. The highest BCUT2D eigenvalue weighted by Crippen LogP contribution is 2.17. The van der Waals surface area contributed by atoms with Crippen LogP contribution in [0.2, 0.25) is 0 Å². The van der Waals surface area contributed by atoms with Gasteiger partial charge in [-0.15, -0.1) is 0 Å². The highest BCUT2D eigenvalue weighted by molar-refractivity contribution is 5.79. The van der Waals surface area contributed by atoms with Gasteiger partial charge in [0.15, 0.2) is 5.96 Å². The van der Waals surface area contributed by atoms with Crippen LogP contribution in [0.1, 0.15) is 18.9 Å². The third-order valence-corrected chi connectivity index (χ3v) is 3.39. The molecule has 6 heteroatoms. The molecule has 0 amide bonds. The Balaban J connectivity index is 1.74. The first kappa shape index (κ1) is 16.9. The summed E-state index contributed by atoms with van der Waals surface area (Å²) in [4.78, 5) is 8.28. The fraction of sp³-hybridized carbons (Fsp3) is 0.412. The number of imidazole rings is 1. The summed E-state index contributed by atoms with van der Waals surface area (Å²) in [6.45, 7) is 5.13. The summed E-state index contributed by atoms with van der Waals surface area (Å²) in [5.74, 6) is 1.71. The second-order valence-electron chi connectivity index (χ2n) is 5.05. The lowest BCUT2D eigenvalue weighted by atomic mass is 10.2. The van der Waals surface area contributed by atoms with E-state index < -0.39 is 0 Å². The van der Waals surface area contributed by atoms with Crippen molar-refractivity contribution in [2.45, 2.75) is 26.4 Å². The van der Waals surface area contributed by atoms with Crippen molar-refractivity contribution in [2.24, 2.45) is 4.99 Å². The van der Waals surface area contributed by atoms with Crippen molar-refractivity contribution in [3.8, 4) is 5.75 Å². The number of hydrogen-bond acceptors (Lipinski definition) is 3. The molecule has 1 aromatic heterocycles. The molecule has 2 rings (SSSR count). The van der Waals surface area contributed by atoms with E-state index in [1.807, 2.05) is 37.6 Å². The van der Waals surface area contributed by atoms with E-state index in [0.29, 0.717) is 13.2 Å². The molecule has 0 aliphatic carbocycles. The van der Waals surface area contributed by atoms with Crippen molar-refractivity contribution in [2.75, 3.05) is 20.2 Å². The number of benzene rings is 1. The summed E-state index contributed by atoms with van der Waals surface area (Å²) in [5, 5.41) is 6.64. The zero-order valence-corrected chi connectivity index (χ0v) is 13.8. The van der Waals surface area contributed by atoms with E-state index in [-0.39, 0.29) is 0 Å². The van der Waals surface area contributed by atoms with Gasteiger partial charge in [-0.2, -0.15) is 0 Å². The van der Waals surface area contributed by atoms with Crippen LogP contribution in [0.3, 0.4) is 0 Å². The molecule has 0 atom stereocenters. The minimum absolute atomic E-state index is 0.665. The summed E-state index contributed by atoms with van der Waals surface area (Å²) < 4.78 is 7.70. The maximum atomic E-state index is 5.63. The average Bonchev–Trinajstić information content (AvgIpc) is 3.09. The number of aromatic nitrogens is 2. The first-order valence-corrected chi connectivity index (χ1v) is 7.94. The predicted octanol–water partition coefficient (Wildman–Crippen LogP) is 2.04. The number of guanidine groups is 1. The first-order chi connectivity index (χ1) is 11.3. The van der Waals surface area contributed by atoms with Gasteiger partial charge in [-0.3, -0.25) is 4.99 Å². The molecule has 0 aliphatic heterocycles. The van der Waals surface area contributed by atoms with E-state index in [4.69, 9.17) is 4.74 Å². The van der Waals surface area contributed by atoms with Crippen LogP contribution in [0.4, 0.5) is 0 Å². The fourth-order valence-corrected chi connectivity index (χ4v) is 2.23. The number of aryl methyl sites for hydroxylation is 1. The van der Waals surface area contributed by atoms with Crippen LogP contribution < -0.4 is 15.4 Å². The Morgan fingerprint density at radius 3 is 2.91 bits per heavy atom. The highest BCUT2D eigenvalue weighted by Gasteiger charge is 2.03. The van der Waals surface area contributed by atoms with Crippen molar-refractivity contribution in [3.63, 3.8) is 0 Å². The molecule has 0 fully saturated rings.